The minimum absolute atomic E-state index is 0.0688. The van der Waals surface area contributed by atoms with Gasteiger partial charge < -0.3 is 5.32 Å². The van der Waals surface area contributed by atoms with Crippen molar-refractivity contribution in [2.75, 3.05) is 0 Å². The second kappa shape index (κ2) is 5.83. The maximum atomic E-state index is 12.2. The van der Waals surface area contributed by atoms with Gasteiger partial charge >= 0.3 is 0 Å². The summed E-state index contributed by atoms with van der Waals surface area (Å²) in [6, 6.07) is 4.24. The number of rotatable bonds is 5. The Balaban J connectivity index is 2.15. The molecule has 0 spiro atoms. The van der Waals surface area contributed by atoms with Crippen LogP contribution in [-0.2, 0) is 10.0 Å². The quantitative estimate of drug-likeness (QED) is 0.841. The topological polar surface area (TPSA) is 89.3 Å². The Hall–Kier alpha value is -0.920. The largest absolute Gasteiger partial charge is 0.350 e. The van der Waals surface area contributed by atoms with Gasteiger partial charge in [-0.1, -0.05) is 12.8 Å². The monoisotopic (exact) mass is 360 g/mol. The average molecular weight is 361 g/mol. The fourth-order valence-corrected chi connectivity index (χ4v) is 3.04. The van der Waals surface area contributed by atoms with Gasteiger partial charge in [0.1, 0.15) is 0 Å². The lowest BCUT2D eigenvalue weighted by Gasteiger charge is -2.14. The number of primary sulfonamides is 1. The average Bonchev–Trinajstić information content (AvgIpc) is 3.11. The molecule has 0 aliphatic heterocycles. The van der Waals surface area contributed by atoms with Crippen molar-refractivity contribution in [2.45, 2.75) is 37.1 Å². The van der Waals surface area contributed by atoms with Gasteiger partial charge in [0, 0.05) is 10.5 Å². The SMILES string of the molecule is CC(CC1CC1)NC(=O)c1cc(S(N)(=O)=O)ccc1Br. The molecule has 110 valence electrons. The Morgan fingerprint density at radius 3 is 2.70 bits per heavy atom. The number of hydrogen-bond acceptors (Lipinski definition) is 3. The summed E-state index contributed by atoms with van der Waals surface area (Å²) in [6.45, 7) is 1.95. The number of carbonyl (C=O) groups is 1. The molecule has 1 saturated carbocycles. The third-order valence-corrected chi connectivity index (χ3v) is 4.87. The summed E-state index contributed by atoms with van der Waals surface area (Å²) in [5, 5.41) is 7.96. The maximum Gasteiger partial charge on any atom is 0.252 e. The van der Waals surface area contributed by atoms with Gasteiger partial charge in [0.05, 0.1) is 10.5 Å². The van der Waals surface area contributed by atoms with Crippen molar-refractivity contribution in [2.24, 2.45) is 11.1 Å². The molecule has 0 bridgehead atoms. The third kappa shape index (κ3) is 4.04. The van der Waals surface area contributed by atoms with E-state index in [4.69, 9.17) is 5.14 Å². The number of nitrogens with two attached hydrogens (primary N) is 1. The number of sulfonamides is 1. The second-order valence-electron chi connectivity index (χ2n) is 5.24. The molecule has 1 aromatic rings. The molecule has 3 N–H and O–H groups in total. The van der Waals surface area contributed by atoms with Crippen molar-refractivity contribution in [3.05, 3.63) is 28.2 Å². The number of nitrogens with one attached hydrogen (secondary N) is 1. The van der Waals surface area contributed by atoms with E-state index in [2.05, 4.69) is 21.2 Å². The van der Waals surface area contributed by atoms with Crippen LogP contribution in [0.3, 0.4) is 0 Å². The predicted octanol–water partition coefficient (Wildman–Crippen LogP) is 2.01. The zero-order valence-corrected chi connectivity index (χ0v) is 13.5. The van der Waals surface area contributed by atoms with Crippen LogP contribution in [0.5, 0.6) is 0 Å². The molecule has 2 rings (SSSR count). The highest BCUT2D eigenvalue weighted by molar-refractivity contribution is 9.10. The van der Waals surface area contributed by atoms with E-state index in [1.54, 1.807) is 0 Å². The van der Waals surface area contributed by atoms with Gasteiger partial charge in [0.15, 0.2) is 0 Å². The number of hydrogen-bond donors (Lipinski definition) is 2. The van der Waals surface area contributed by atoms with Crippen LogP contribution in [0.15, 0.2) is 27.6 Å². The van der Waals surface area contributed by atoms with E-state index in [0.717, 1.165) is 6.42 Å². The smallest absolute Gasteiger partial charge is 0.252 e. The van der Waals surface area contributed by atoms with Gasteiger partial charge in [-0.2, -0.15) is 0 Å². The van der Waals surface area contributed by atoms with Gasteiger partial charge in [0.25, 0.3) is 5.91 Å². The van der Waals surface area contributed by atoms with Crippen molar-refractivity contribution in [3.8, 4) is 0 Å². The molecule has 1 unspecified atom stereocenters. The molecule has 1 amide bonds. The predicted molar refractivity (Wildman–Crippen MR) is 79.8 cm³/mol. The molecule has 1 aromatic carbocycles. The van der Waals surface area contributed by atoms with E-state index >= 15 is 0 Å². The molecule has 1 atom stereocenters. The molecule has 7 heteroatoms. The number of amides is 1. The molecule has 1 fully saturated rings. The maximum absolute atomic E-state index is 12.2. The van der Waals surface area contributed by atoms with E-state index in [1.165, 1.54) is 31.0 Å². The number of benzene rings is 1. The fourth-order valence-electron chi connectivity index (χ4n) is 2.07. The molecular weight excluding hydrogens is 344 g/mol. The first-order valence-corrected chi connectivity index (χ1v) is 8.74. The van der Waals surface area contributed by atoms with Crippen LogP contribution < -0.4 is 10.5 Å². The number of halogens is 1. The van der Waals surface area contributed by atoms with E-state index in [9.17, 15) is 13.2 Å². The van der Waals surface area contributed by atoms with Crippen LogP contribution >= 0.6 is 15.9 Å². The zero-order valence-electron chi connectivity index (χ0n) is 11.1. The summed E-state index contributed by atoms with van der Waals surface area (Å²) in [7, 11) is -3.81. The summed E-state index contributed by atoms with van der Waals surface area (Å²) in [5.74, 6) is 0.417. The van der Waals surface area contributed by atoms with Crippen LogP contribution in [0.2, 0.25) is 0 Å². The van der Waals surface area contributed by atoms with Crippen molar-refractivity contribution < 1.29 is 13.2 Å². The van der Waals surface area contributed by atoms with Gasteiger partial charge in [0.2, 0.25) is 10.0 Å². The first-order valence-electron chi connectivity index (χ1n) is 6.40. The van der Waals surface area contributed by atoms with E-state index in [0.29, 0.717) is 10.4 Å². The standard InChI is InChI=1S/C13H17BrN2O3S/c1-8(6-9-2-3-9)16-13(17)11-7-10(20(15,18)19)4-5-12(11)14/h4-5,7-9H,2-3,6H2,1H3,(H,16,17)(H2,15,18,19). The molecule has 0 radical (unpaired) electrons. The van der Waals surface area contributed by atoms with E-state index in [1.807, 2.05) is 6.92 Å². The molecule has 1 aliphatic carbocycles. The highest BCUT2D eigenvalue weighted by Gasteiger charge is 2.25. The highest BCUT2D eigenvalue weighted by Crippen LogP contribution is 2.33. The Bertz CT molecular complexity index is 627. The van der Waals surface area contributed by atoms with Crippen LogP contribution in [0.25, 0.3) is 0 Å². The normalized spacial score (nSPS) is 16.8. The second-order valence-corrected chi connectivity index (χ2v) is 7.66. The van der Waals surface area contributed by atoms with Crippen LogP contribution in [0, 0.1) is 5.92 Å². The van der Waals surface area contributed by atoms with Crippen LogP contribution in [0.1, 0.15) is 36.5 Å². The van der Waals surface area contributed by atoms with Crippen molar-refractivity contribution in [1.29, 1.82) is 0 Å². The Morgan fingerprint density at radius 2 is 2.15 bits per heavy atom. The highest BCUT2D eigenvalue weighted by atomic mass is 79.9. The molecule has 0 saturated heterocycles. The first-order chi connectivity index (χ1) is 9.27. The van der Waals surface area contributed by atoms with E-state index < -0.39 is 10.0 Å². The minimum atomic E-state index is -3.81. The summed E-state index contributed by atoms with van der Waals surface area (Å²) in [5.41, 5.74) is 0.277. The Labute approximate surface area is 127 Å². The first kappa shape index (κ1) is 15.5. The Kier molecular flexibility index (Phi) is 4.51. The summed E-state index contributed by atoms with van der Waals surface area (Å²) in [4.78, 5) is 12.1. The van der Waals surface area contributed by atoms with Crippen molar-refractivity contribution in [1.82, 2.24) is 5.32 Å². The van der Waals surface area contributed by atoms with Crippen molar-refractivity contribution >= 4 is 31.9 Å². The van der Waals surface area contributed by atoms with Crippen molar-refractivity contribution in [3.63, 3.8) is 0 Å². The van der Waals surface area contributed by atoms with Crippen LogP contribution in [0.4, 0.5) is 0 Å². The molecular formula is C13H17BrN2O3S. The summed E-state index contributed by atoms with van der Waals surface area (Å²) in [6.07, 6.45) is 3.41. The molecule has 1 aliphatic rings. The fraction of sp³-hybridized carbons (Fsp3) is 0.462. The van der Waals surface area contributed by atoms with Gasteiger partial charge in [-0.3, -0.25) is 4.79 Å². The van der Waals surface area contributed by atoms with E-state index in [-0.39, 0.29) is 22.4 Å². The molecule has 0 heterocycles. The minimum Gasteiger partial charge on any atom is -0.350 e. The van der Waals surface area contributed by atoms with Gasteiger partial charge in [-0.05, 0) is 53.4 Å². The lowest BCUT2D eigenvalue weighted by molar-refractivity contribution is 0.0936. The number of carbonyl (C=O) groups excluding carboxylic acids is 1. The summed E-state index contributed by atoms with van der Waals surface area (Å²) >= 11 is 3.25. The Morgan fingerprint density at radius 1 is 1.50 bits per heavy atom. The lowest BCUT2D eigenvalue weighted by atomic mass is 10.1. The third-order valence-electron chi connectivity index (χ3n) is 3.27. The molecule has 20 heavy (non-hydrogen) atoms. The molecule has 5 nitrogen and oxygen atoms in total. The van der Waals surface area contributed by atoms with Crippen LogP contribution in [-0.4, -0.2) is 20.4 Å². The van der Waals surface area contributed by atoms with Gasteiger partial charge in [-0.15, -0.1) is 0 Å². The van der Waals surface area contributed by atoms with Gasteiger partial charge in [-0.25, -0.2) is 13.6 Å². The molecule has 0 aromatic heterocycles. The lowest BCUT2D eigenvalue weighted by Crippen LogP contribution is -2.33. The summed E-state index contributed by atoms with van der Waals surface area (Å²) < 4.78 is 23.2. The zero-order chi connectivity index (χ0) is 14.9.